The molecule has 0 rings (SSSR count). The highest BCUT2D eigenvalue weighted by Gasteiger charge is 2.36. The quantitative estimate of drug-likeness (QED) is 0.423. The molecule has 96 valence electrons. The maximum Gasteiger partial charge on any atom is 0.277 e. The van der Waals surface area contributed by atoms with Crippen LogP contribution in [0.2, 0.25) is 6.04 Å². The van der Waals surface area contributed by atoms with Crippen LogP contribution in [-0.2, 0) is 0 Å². The molecule has 1 unspecified atom stereocenters. The van der Waals surface area contributed by atoms with E-state index in [1.54, 1.807) is 38.0 Å². The van der Waals surface area contributed by atoms with E-state index in [2.05, 4.69) is 4.66 Å². The van der Waals surface area contributed by atoms with Gasteiger partial charge >= 0.3 is 0 Å². The summed E-state index contributed by atoms with van der Waals surface area (Å²) in [7, 11) is 5.83. The predicted molar refractivity (Wildman–Crippen MR) is 63.7 cm³/mol. The van der Waals surface area contributed by atoms with Crippen molar-refractivity contribution in [2.45, 2.75) is 25.1 Å². The van der Waals surface area contributed by atoms with E-state index >= 15 is 0 Å². The van der Waals surface area contributed by atoms with Crippen LogP contribution in [0.3, 0.4) is 0 Å². The molecule has 7 heteroatoms. The molecule has 0 saturated carbocycles. The average Bonchev–Trinajstić information content (AvgIpc) is 2.10. The maximum absolute atomic E-state index is 13.0. The van der Waals surface area contributed by atoms with Crippen molar-refractivity contribution in [2.75, 3.05) is 28.2 Å². The van der Waals surface area contributed by atoms with Gasteiger partial charge in [0, 0.05) is 34.2 Å². The summed E-state index contributed by atoms with van der Waals surface area (Å²) in [6.07, 6.45) is -2.10. The van der Waals surface area contributed by atoms with Crippen LogP contribution in [0.25, 0.3) is 0 Å². The summed E-state index contributed by atoms with van der Waals surface area (Å²) in [4.78, 5) is 3.51. The predicted octanol–water partition coefficient (Wildman–Crippen LogP) is 0.961. The Kier molecular flexibility index (Phi) is 5.84. The normalized spacial score (nSPS) is 14.0. The Hall–Kier alpha value is -0.723. The van der Waals surface area contributed by atoms with Gasteiger partial charge in [-0.15, -0.1) is 0 Å². The SMILES string of the molecule is CC(F)C(F)(F)C[SiH2]N=C(N(C)C)N(C)C. The lowest BCUT2D eigenvalue weighted by atomic mass is 10.3. The van der Waals surface area contributed by atoms with E-state index in [1.807, 2.05) is 0 Å². The summed E-state index contributed by atoms with van der Waals surface area (Å²) in [6.45, 7) is 0.886. The molecule has 3 nitrogen and oxygen atoms in total. The van der Waals surface area contributed by atoms with E-state index in [0.29, 0.717) is 5.96 Å². The van der Waals surface area contributed by atoms with Gasteiger partial charge in [-0.2, -0.15) is 0 Å². The van der Waals surface area contributed by atoms with Crippen LogP contribution in [0.1, 0.15) is 6.92 Å². The average molecular weight is 255 g/mol. The molecule has 0 aliphatic carbocycles. The standard InChI is InChI=1S/C9H20F3N3Si/c1-7(10)9(11,12)6-16-13-8(14(2)3)15(4)5/h7H,6,16H2,1-5H3. The third kappa shape index (κ3) is 4.87. The first-order valence-corrected chi connectivity index (χ1v) is 6.72. The summed E-state index contributed by atoms with van der Waals surface area (Å²) < 4.78 is 42.6. The fraction of sp³-hybridized carbons (Fsp3) is 0.889. The first-order chi connectivity index (χ1) is 7.18. The summed E-state index contributed by atoms with van der Waals surface area (Å²) >= 11 is 0. The zero-order valence-corrected chi connectivity index (χ0v) is 11.9. The molecular formula is C9H20F3N3Si. The lowest BCUT2D eigenvalue weighted by Gasteiger charge is -2.23. The smallest absolute Gasteiger partial charge is 0.277 e. The second kappa shape index (κ2) is 6.12. The van der Waals surface area contributed by atoms with E-state index in [1.165, 1.54) is 0 Å². The van der Waals surface area contributed by atoms with Crippen molar-refractivity contribution < 1.29 is 13.2 Å². The third-order valence-corrected chi connectivity index (χ3v) is 3.48. The molecule has 16 heavy (non-hydrogen) atoms. The van der Waals surface area contributed by atoms with Gasteiger partial charge in [-0.3, -0.25) is 4.66 Å². The topological polar surface area (TPSA) is 18.8 Å². The first kappa shape index (κ1) is 15.3. The van der Waals surface area contributed by atoms with Crippen LogP contribution in [0.15, 0.2) is 4.66 Å². The molecule has 0 bridgehead atoms. The van der Waals surface area contributed by atoms with Gasteiger partial charge in [0.1, 0.15) is 0 Å². The van der Waals surface area contributed by atoms with Crippen LogP contribution in [0.5, 0.6) is 0 Å². The number of hydrogen-bond donors (Lipinski definition) is 0. The molecule has 0 aromatic carbocycles. The van der Waals surface area contributed by atoms with Crippen LogP contribution < -0.4 is 0 Å². The summed E-state index contributed by atoms with van der Waals surface area (Å²) in [6, 6.07) is -0.435. The Balaban J connectivity index is 4.36. The van der Waals surface area contributed by atoms with Crippen molar-refractivity contribution in [3.8, 4) is 0 Å². The summed E-state index contributed by atoms with van der Waals surface area (Å²) in [5.74, 6) is -2.59. The zero-order chi connectivity index (χ0) is 12.9. The van der Waals surface area contributed by atoms with Crippen molar-refractivity contribution in [3.05, 3.63) is 0 Å². The van der Waals surface area contributed by atoms with Gasteiger partial charge in [0.2, 0.25) is 0 Å². The Morgan fingerprint density at radius 1 is 1.25 bits per heavy atom. The minimum absolute atomic E-state index is 0.435. The van der Waals surface area contributed by atoms with Gasteiger partial charge in [0.15, 0.2) is 21.8 Å². The fourth-order valence-corrected chi connectivity index (χ4v) is 2.76. The Labute approximate surface area is 97.2 Å². The molecule has 0 N–H and O–H groups in total. The van der Waals surface area contributed by atoms with Crippen molar-refractivity contribution in [1.29, 1.82) is 0 Å². The van der Waals surface area contributed by atoms with E-state index in [9.17, 15) is 13.2 Å². The lowest BCUT2D eigenvalue weighted by Crippen LogP contribution is -2.36. The minimum atomic E-state index is -3.24. The van der Waals surface area contributed by atoms with Crippen LogP contribution >= 0.6 is 0 Å². The molecule has 0 amide bonds. The monoisotopic (exact) mass is 255 g/mol. The molecular weight excluding hydrogens is 235 g/mol. The summed E-state index contributed by atoms with van der Waals surface area (Å²) in [5.41, 5.74) is 0. The lowest BCUT2D eigenvalue weighted by molar-refractivity contribution is -0.0467. The molecule has 0 spiro atoms. The third-order valence-electron chi connectivity index (χ3n) is 2.08. The van der Waals surface area contributed by atoms with Gasteiger partial charge in [-0.05, 0) is 6.92 Å². The number of rotatable bonds is 4. The highest BCUT2D eigenvalue weighted by Crippen LogP contribution is 2.25. The van der Waals surface area contributed by atoms with E-state index in [0.717, 1.165) is 6.92 Å². The van der Waals surface area contributed by atoms with E-state index < -0.39 is 27.8 Å². The van der Waals surface area contributed by atoms with Crippen molar-refractivity contribution in [1.82, 2.24) is 9.80 Å². The Morgan fingerprint density at radius 3 is 2.00 bits per heavy atom. The van der Waals surface area contributed by atoms with Gasteiger partial charge in [0.25, 0.3) is 5.92 Å². The number of halogens is 3. The highest BCUT2D eigenvalue weighted by atomic mass is 28.2. The maximum atomic E-state index is 13.0. The Bertz CT molecular complexity index is 232. The molecule has 1 atom stereocenters. The zero-order valence-electron chi connectivity index (χ0n) is 10.5. The van der Waals surface area contributed by atoms with Gasteiger partial charge < -0.3 is 9.80 Å². The van der Waals surface area contributed by atoms with Crippen LogP contribution in [0, 0.1) is 0 Å². The van der Waals surface area contributed by atoms with E-state index in [-0.39, 0.29) is 0 Å². The molecule has 0 fully saturated rings. The first-order valence-electron chi connectivity index (χ1n) is 5.09. The molecule has 0 aromatic rings. The number of alkyl halides is 3. The molecule has 0 radical (unpaired) electrons. The number of guanidine groups is 1. The second-order valence-electron chi connectivity index (χ2n) is 4.10. The van der Waals surface area contributed by atoms with Gasteiger partial charge in [-0.1, -0.05) is 0 Å². The van der Waals surface area contributed by atoms with Crippen LogP contribution in [-0.4, -0.2) is 65.7 Å². The van der Waals surface area contributed by atoms with E-state index in [4.69, 9.17) is 0 Å². The number of hydrogen-bond acceptors (Lipinski definition) is 1. The van der Waals surface area contributed by atoms with Crippen LogP contribution in [0.4, 0.5) is 13.2 Å². The van der Waals surface area contributed by atoms with Gasteiger partial charge in [-0.25, -0.2) is 13.2 Å². The number of nitrogens with zero attached hydrogens (tertiary/aromatic N) is 3. The summed E-state index contributed by atoms with van der Waals surface area (Å²) in [5, 5.41) is 0. The second-order valence-corrected chi connectivity index (χ2v) is 5.36. The van der Waals surface area contributed by atoms with Gasteiger partial charge in [0.05, 0.1) is 0 Å². The van der Waals surface area contributed by atoms with Crippen molar-refractivity contribution in [2.24, 2.45) is 4.66 Å². The molecule has 0 saturated heterocycles. The molecule has 0 heterocycles. The molecule has 0 aromatic heterocycles. The molecule has 0 aliphatic rings. The fourth-order valence-electron chi connectivity index (χ4n) is 1.19. The van der Waals surface area contributed by atoms with Crippen molar-refractivity contribution >= 4 is 15.6 Å². The minimum Gasteiger partial charge on any atom is -0.350 e. The highest BCUT2D eigenvalue weighted by molar-refractivity contribution is 6.36. The largest absolute Gasteiger partial charge is 0.350 e. The Morgan fingerprint density at radius 2 is 1.69 bits per heavy atom. The molecule has 0 aliphatic heterocycles. The van der Waals surface area contributed by atoms with Crippen molar-refractivity contribution in [3.63, 3.8) is 0 Å².